The van der Waals surface area contributed by atoms with E-state index in [-0.39, 0.29) is 16.7 Å². The normalized spacial score (nSPS) is 14.2. The van der Waals surface area contributed by atoms with Gasteiger partial charge in [0.15, 0.2) is 0 Å². The molecule has 2 aromatic carbocycles. The maximum atomic E-state index is 12.5. The molecule has 40 heavy (non-hydrogen) atoms. The largest absolute Gasteiger partial charge is 0.297 e. The Labute approximate surface area is 247 Å². The number of hydrogen-bond donors (Lipinski definition) is 1. The van der Waals surface area contributed by atoms with Crippen molar-refractivity contribution in [3.63, 3.8) is 0 Å². The third-order valence-corrected chi connectivity index (χ3v) is 6.45. The van der Waals surface area contributed by atoms with Gasteiger partial charge in [0.25, 0.3) is 5.91 Å². The lowest BCUT2D eigenvalue weighted by molar-refractivity contribution is -0.122. The van der Waals surface area contributed by atoms with Crippen molar-refractivity contribution in [1.29, 1.82) is 0 Å². The van der Waals surface area contributed by atoms with Crippen LogP contribution in [0.4, 0.5) is 0 Å². The molecule has 1 aliphatic rings. The van der Waals surface area contributed by atoms with E-state index in [0.717, 1.165) is 38.3 Å². The van der Waals surface area contributed by atoms with Gasteiger partial charge in [0, 0.05) is 32.7 Å². The van der Waals surface area contributed by atoms with Crippen molar-refractivity contribution >= 4 is 12.1 Å². The van der Waals surface area contributed by atoms with Crippen molar-refractivity contribution in [2.24, 2.45) is 5.10 Å². The molecule has 1 heterocycles. The van der Waals surface area contributed by atoms with Gasteiger partial charge in [-0.1, -0.05) is 119 Å². The topological polar surface area (TPSA) is 47.9 Å². The molecule has 0 aliphatic carbocycles. The Hall–Kier alpha value is -2.50. The minimum absolute atomic E-state index is 0.0503. The zero-order chi connectivity index (χ0) is 30.9. The first-order valence-corrected chi connectivity index (χ1v) is 15.4. The second-order valence-corrected chi connectivity index (χ2v) is 11.7. The average Bonchev–Trinajstić information content (AvgIpc) is 2.93. The Balaban J connectivity index is 0.00000237. The third kappa shape index (κ3) is 13.7. The number of aryl methyl sites for hydroxylation is 1. The molecule has 226 valence electrons. The van der Waals surface area contributed by atoms with Crippen molar-refractivity contribution in [2.75, 3.05) is 32.7 Å². The van der Waals surface area contributed by atoms with E-state index in [0.29, 0.717) is 6.54 Å². The highest BCUT2D eigenvalue weighted by Crippen LogP contribution is 2.29. The number of hydrogen-bond acceptors (Lipinski definition) is 4. The van der Waals surface area contributed by atoms with Gasteiger partial charge in [0.05, 0.1) is 12.8 Å². The molecule has 0 radical (unpaired) electrons. The molecule has 1 amide bonds. The van der Waals surface area contributed by atoms with E-state index in [1.165, 1.54) is 22.3 Å². The number of hydrazone groups is 1. The van der Waals surface area contributed by atoms with Crippen LogP contribution in [-0.2, 0) is 22.2 Å². The second kappa shape index (κ2) is 18.8. The Morgan fingerprint density at radius 1 is 0.775 bits per heavy atom. The van der Waals surface area contributed by atoms with Crippen molar-refractivity contribution in [2.45, 2.75) is 107 Å². The van der Waals surface area contributed by atoms with E-state index in [1.54, 1.807) is 6.21 Å². The number of nitrogens with one attached hydrogen (secondary N) is 1. The van der Waals surface area contributed by atoms with Gasteiger partial charge >= 0.3 is 0 Å². The van der Waals surface area contributed by atoms with Crippen LogP contribution in [0.2, 0.25) is 0 Å². The van der Waals surface area contributed by atoms with Crippen LogP contribution in [0.1, 0.15) is 111 Å². The molecule has 2 aromatic rings. The summed E-state index contributed by atoms with van der Waals surface area (Å²) >= 11 is 0. The maximum absolute atomic E-state index is 12.5. The highest BCUT2D eigenvalue weighted by Gasteiger charge is 2.21. The van der Waals surface area contributed by atoms with Crippen LogP contribution in [0.5, 0.6) is 0 Å². The second-order valence-electron chi connectivity index (χ2n) is 11.7. The molecule has 3 rings (SSSR count). The van der Waals surface area contributed by atoms with Gasteiger partial charge in [-0.25, -0.2) is 5.43 Å². The summed E-state index contributed by atoms with van der Waals surface area (Å²) in [6.45, 7) is 32.5. The summed E-state index contributed by atoms with van der Waals surface area (Å²) in [7, 11) is 0. The van der Waals surface area contributed by atoms with Crippen molar-refractivity contribution < 1.29 is 4.79 Å². The van der Waals surface area contributed by atoms with E-state index >= 15 is 0 Å². The van der Waals surface area contributed by atoms with Crippen molar-refractivity contribution in [3.05, 3.63) is 70.3 Å². The van der Waals surface area contributed by atoms with E-state index in [4.69, 9.17) is 0 Å². The van der Waals surface area contributed by atoms with Crippen LogP contribution in [-0.4, -0.2) is 54.6 Å². The van der Waals surface area contributed by atoms with Crippen LogP contribution >= 0.6 is 0 Å². The van der Waals surface area contributed by atoms with E-state index in [1.807, 2.05) is 41.5 Å². The van der Waals surface area contributed by atoms with Gasteiger partial charge in [0.1, 0.15) is 0 Å². The smallest absolute Gasteiger partial charge is 0.254 e. The lowest BCUT2D eigenvalue weighted by Crippen LogP contribution is -2.48. The first-order chi connectivity index (χ1) is 18.9. The van der Waals surface area contributed by atoms with Gasteiger partial charge in [-0.15, -0.1) is 0 Å². The zero-order valence-corrected chi connectivity index (χ0v) is 28.1. The molecule has 0 atom stereocenters. The highest BCUT2D eigenvalue weighted by molar-refractivity contribution is 5.83. The molecule has 5 heteroatoms. The first kappa shape index (κ1) is 37.5. The molecular weight excluding hydrogens is 492 g/mol. The lowest BCUT2D eigenvalue weighted by atomic mass is 9.80. The number of piperazine rings is 1. The monoisotopic (exact) mass is 552 g/mol. The minimum Gasteiger partial charge on any atom is -0.297 e. The molecule has 0 aromatic heterocycles. The molecule has 1 N–H and O–H groups in total. The highest BCUT2D eigenvalue weighted by atomic mass is 16.2. The Morgan fingerprint density at radius 3 is 1.68 bits per heavy atom. The van der Waals surface area contributed by atoms with Gasteiger partial charge in [0.2, 0.25) is 0 Å². The lowest BCUT2D eigenvalue weighted by Gasteiger charge is -2.34. The van der Waals surface area contributed by atoms with Crippen LogP contribution in [0.3, 0.4) is 0 Å². The third-order valence-electron chi connectivity index (χ3n) is 6.45. The summed E-state index contributed by atoms with van der Waals surface area (Å²) in [4.78, 5) is 17.1. The SMILES string of the molecule is CC.CC.CC.Cc1ccc(CN2CCN(CC(=O)N/N=C/c3cc(C(C)(C)C)cc(C(C)(C)C)c3)CC2)cc1. The Kier molecular flexibility index (Phi) is 17.6. The van der Waals surface area contributed by atoms with E-state index in [9.17, 15) is 4.79 Å². The summed E-state index contributed by atoms with van der Waals surface area (Å²) in [5.41, 5.74) is 9.03. The fraction of sp³-hybridized carbons (Fsp3) is 0.600. The number of carbonyl (C=O) groups is 1. The number of nitrogens with zero attached hydrogens (tertiary/aromatic N) is 3. The molecule has 1 saturated heterocycles. The van der Waals surface area contributed by atoms with Crippen LogP contribution in [0.15, 0.2) is 47.6 Å². The van der Waals surface area contributed by atoms with Gasteiger partial charge in [-0.3, -0.25) is 14.6 Å². The van der Waals surface area contributed by atoms with Crippen molar-refractivity contribution in [1.82, 2.24) is 15.2 Å². The van der Waals surface area contributed by atoms with Gasteiger partial charge in [-0.2, -0.15) is 5.10 Å². The van der Waals surface area contributed by atoms with Gasteiger partial charge in [-0.05, 0) is 52.1 Å². The Morgan fingerprint density at radius 2 is 1.23 bits per heavy atom. The summed E-state index contributed by atoms with van der Waals surface area (Å²) in [5, 5.41) is 4.27. The minimum atomic E-state index is -0.0637. The molecule has 5 nitrogen and oxygen atoms in total. The number of benzene rings is 2. The molecule has 0 saturated carbocycles. The molecular formula is C35H60N4O. The first-order valence-electron chi connectivity index (χ1n) is 15.4. The predicted octanol–water partition coefficient (Wildman–Crippen LogP) is 7.94. The molecule has 0 spiro atoms. The number of rotatable bonds is 6. The molecule has 1 aliphatic heterocycles. The predicted molar refractivity (Wildman–Crippen MR) is 177 cm³/mol. The fourth-order valence-corrected chi connectivity index (χ4v) is 4.07. The molecule has 0 bridgehead atoms. The molecule has 1 fully saturated rings. The van der Waals surface area contributed by atoms with E-state index < -0.39 is 0 Å². The zero-order valence-electron chi connectivity index (χ0n) is 28.1. The quantitative estimate of drug-likeness (QED) is 0.292. The fourth-order valence-electron chi connectivity index (χ4n) is 4.07. The van der Waals surface area contributed by atoms with Crippen LogP contribution in [0, 0.1) is 6.92 Å². The average molecular weight is 553 g/mol. The van der Waals surface area contributed by atoms with Gasteiger partial charge < -0.3 is 0 Å². The summed E-state index contributed by atoms with van der Waals surface area (Å²) in [6.07, 6.45) is 1.77. The van der Waals surface area contributed by atoms with E-state index in [2.05, 4.69) is 111 Å². The standard InChI is InChI=1S/C29H42N4O.3C2H6/c1-22-8-10-23(11-9-22)20-32-12-14-33(15-13-32)21-27(34)31-30-19-24-16-25(28(2,3)4)18-26(17-24)29(5,6)7;3*1-2/h8-11,16-19H,12-15,20-21H2,1-7H3,(H,31,34);3*1-2H3/b30-19+;;;. The number of amides is 1. The van der Waals surface area contributed by atoms with Crippen LogP contribution in [0.25, 0.3) is 0 Å². The summed E-state index contributed by atoms with van der Waals surface area (Å²) < 4.78 is 0. The summed E-state index contributed by atoms with van der Waals surface area (Å²) in [6, 6.07) is 15.4. The number of carbonyl (C=O) groups excluding carboxylic acids is 1. The summed E-state index contributed by atoms with van der Waals surface area (Å²) in [5.74, 6) is -0.0637. The van der Waals surface area contributed by atoms with Crippen LogP contribution < -0.4 is 5.43 Å². The Bertz CT molecular complexity index is 957. The maximum Gasteiger partial charge on any atom is 0.254 e. The molecule has 0 unspecified atom stereocenters. The van der Waals surface area contributed by atoms with Crippen molar-refractivity contribution in [3.8, 4) is 0 Å².